The average molecular weight is 171 g/mol. The zero-order valence-corrected chi connectivity index (χ0v) is 7.40. The summed E-state index contributed by atoms with van der Waals surface area (Å²) in [5, 5.41) is 0. The molecule has 0 N–H and O–H groups in total. The van der Waals surface area contributed by atoms with E-state index in [2.05, 4.69) is 0 Å². The second kappa shape index (κ2) is 8.58. The van der Waals surface area contributed by atoms with E-state index >= 15 is 0 Å². The van der Waals surface area contributed by atoms with Crippen molar-refractivity contribution < 1.29 is 0 Å². The third-order valence-corrected chi connectivity index (χ3v) is 1.75. The van der Waals surface area contributed by atoms with Crippen LogP contribution >= 0.6 is 24.8 Å². The first-order valence-electron chi connectivity index (χ1n) is 3.50. The van der Waals surface area contributed by atoms with Gasteiger partial charge >= 0.3 is 0 Å². The first kappa shape index (κ1) is 12.3. The van der Waals surface area contributed by atoms with Gasteiger partial charge in [0.15, 0.2) is 0 Å². The van der Waals surface area contributed by atoms with Crippen molar-refractivity contribution in [2.45, 2.75) is 44.9 Å². The molecular weight excluding hydrogens is 155 g/mol. The lowest BCUT2D eigenvalue weighted by Crippen LogP contribution is -1.66. The molecular formula is C7H16Cl2. The maximum Gasteiger partial charge on any atom is -0.0533 e. The summed E-state index contributed by atoms with van der Waals surface area (Å²) in [5.74, 6) is 0. The van der Waals surface area contributed by atoms with E-state index in [4.69, 9.17) is 0 Å². The van der Waals surface area contributed by atoms with E-state index in [1.165, 1.54) is 44.9 Å². The maximum absolute atomic E-state index is 1.50. The van der Waals surface area contributed by atoms with E-state index in [9.17, 15) is 0 Å². The minimum Gasteiger partial charge on any atom is -0.147 e. The summed E-state index contributed by atoms with van der Waals surface area (Å²) in [6.07, 6.45) is 10.5. The Morgan fingerprint density at radius 1 is 0.333 bits per heavy atom. The molecule has 0 atom stereocenters. The molecule has 1 saturated carbocycles. The van der Waals surface area contributed by atoms with Crippen LogP contribution in [0.3, 0.4) is 0 Å². The molecule has 2 heteroatoms. The minimum atomic E-state index is 0. The van der Waals surface area contributed by atoms with E-state index in [1.807, 2.05) is 0 Å². The summed E-state index contributed by atoms with van der Waals surface area (Å²) in [4.78, 5) is 0. The number of rotatable bonds is 0. The summed E-state index contributed by atoms with van der Waals surface area (Å²) >= 11 is 0. The van der Waals surface area contributed by atoms with Crippen LogP contribution in [0.4, 0.5) is 0 Å². The van der Waals surface area contributed by atoms with Crippen molar-refractivity contribution in [1.82, 2.24) is 0 Å². The number of hydrogen-bond acceptors (Lipinski definition) is 0. The first-order valence-corrected chi connectivity index (χ1v) is 3.50. The summed E-state index contributed by atoms with van der Waals surface area (Å²) in [6.45, 7) is 0. The van der Waals surface area contributed by atoms with Gasteiger partial charge in [-0.15, -0.1) is 24.8 Å². The molecule has 0 aromatic heterocycles. The normalized spacial score (nSPS) is 18.7. The van der Waals surface area contributed by atoms with Crippen molar-refractivity contribution in [3.8, 4) is 0 Å². The van der Waals surface area contributed by atoms with Gasteiger partial charge in [0, 0.05) is 0 Å². The predicted octanol–water partition coefficient (Wildman–Crippen LogP) is 3.57. The molecule has 0 amide bonds. The third-order valence-electron chi connectivity index (χ3n) is 1.75. The lowest BCUT2D eigenvalue weighted by molar-refractivity contribution is 0.702. The SMILES string of the molecule is C1CCCCCC1.Cl.Cl. The smallest absolute Gasteiger partial charge is 0.0533 e. The Hall–Kier alpha value is 0.580. The van der Waals surface area contributed by atoms with E-state index < -0.39 is 0 Å². The molecule has 1 rings (SSSR count). The van der Waals surface area contributed by atoms with Gasteiger partial charge in [-0.3, -0.25) is 0 Å². The molecule has 9 heavy (non-hydrogen) atoms. The molecule has 0 nitrogen and oxygen atoms in total. The van der Waals surface area contributed by atoms with Crippen molar-refractivity contribution in [3.05, 3.63) is 0 Å². The molecule has 0 spiro atoms. The molecule has 0 saturated heterocycles. The van der Waals surface area contributed by atoms with Crippen LogP contribution in [0.2, 0.25) is 0 Å². The van der Waals surface area contributed by atoms with E-state index in [0.29, 0.717) is 0 Å². The van der Waals surface area contributed by atoms with Crippen LogP contribution in [0.1, 0.15) is 44.9 Å². The Morgan fingerprint density at radius 3 is 0.556 bits per heavy atom. The standard InChI is InChI=1S/C7H14.2ClH/c1-2-4-6-7-5-3-1;;/h1-7H2;2*1H. The lowest BCUT2D eigenvalue weighted by atomic mass is 10.2. The maximum atomic E-state index is 1.50. The van der Waals surface area contributed by atoms with Gasteiger partial charge < -0.3 is 0 Å². The van der Waals surface area contributed by atoms with Crippen molar-refractivity contribution >= 4 is 24.8 Å². The molecule has 0 aliphatic heterocycles. The van der Waals surface area contributed by atoms with Crippen LogP contribution in [-0.2, 0) is 0 Å². The highest BCUT2D eigenvalue weighted by Crippen LogP contribution is 2.15. The van der Waals surface area contributed by atoms with Crippen molar-refractivity contribution in [2.75, 3.05) is 0 Å². The molecule has 1 aliphatic rings. The van der Waals surface area contributed by atoms with Crippen molar-refractivity contribution in [3.63, 3.8) is 0 Å². The quantitative estimate of drug-likeness (QED) is 0.488. The zero-order valence-electron chi connectivity index (χ0n) is 5.77. The minimum absolute atomic E-state index is 0. The van der Waals surface area contributed by atoms with E-state index in [0.717, 1.165) is 0 Å². The van der Waals surface area contributed by atoms with Gasteiger partial charge in [-0.25, -0.2) is 0 Å². The van der Waals surface area contributed by atoms with Gasteiger partial charge in [-0.2, -0.15) is 0 Å². The highest BCUT2D eigenvalue weighted by atomic mass is 35.5. The second-order valence-electron chi connectivity index (χ2n) is 2.47. The van der Waals surface area contributed by atoms with E-state index in [1.54, 1.807) is 0 Å². The molecule has 0 aromatic rings. The fraction of sp³-hybridized carbons (Fsp3) is 1.00. The molecule has 1 aliphatic carbocycles. The Bertz CT molecular complexity index is 26.5. The van der Waals surface area contributed by atoms with Crippen LogP contribution in [-0.4, -0.2) is 0 Å². The second-order valence-corrected chi connectivity index (χ2v) is 2.47. The zero-order chi connectivity index (χ0) is 4.95. The van der Waals surface area contributed by atoms with Gasteiger partial charge in [-0.05, 0) is 0 Å². The fourth-order valence-electron chi connectivity index (χ4n) is 1.24. The van der Waals surface area contributed by atoms with Gasteiger partial charge in [-0.1, -0.05) is 44.9 Å². The molecule has 0 aromatic carbocycles. The summed E-state index contributed by atoms with van der Waals surface area (Å²) < 4.78 is 0. The highest BCUT2D eigenvalue weighted by Gasteiger charge is 1.95. The van der Waals surface area contributed by atoms with Crippen LogP contribution in [0.25, 0.3) is 0 Å². The van der Waals surface area contributed by atoms with Gasteiger partial charge in [0.05, 0.1) is 0 Å². The number of hydrogen-bond donors (Lipinski definition) is 0. The first-order chi connectivity index (χ1) is 3.50. The molecule has 58 valence electrons. The number of halogens is 2. The van der Waals surface area contributed by atoms with Gasteiger partial charge in [0.1, 0.15) is 0 Å². The van der Waals surface area contributed by atoms with Crippen LogP contribution < -0.4 is 0 Å². The van der Waals surface area contributed by atoms with Crippen LogP contribution in [0, 0.1) is 0 Å². The van der Waals surface area contributed by atoms with Crippen molar-refractivity contribution in [1.29, 1.82) is 0 Å². The molecule has 0 heterocycles. The molecule has 1 fully saturated rings. The average Bonchev–Trinajstić information content (AvgIpc) is 1.90. The van der Waals surface area contributed by atoms with Gasteiger partial charge in [0.2, 0.25) is 0 Å². The monoisotopic (exact) mass is 170 g/mol. The third kappa shape index (κ3) is 6.47. The Balaban J connectivity index is 0. The molecule has 0 unspecified atom stereocenters. The summed E-state index contributed by atoms with van der Waals surface area (Å²) in [6, 6.07) is 0. The predicted molar refractivity (Wildman–Crippen MR) is 46.8 cm³/mol. The van der Waals surface area contributed by atoms with E-state index in [-0.39, 0.29) is 24.8 Å². The molecule has 0 bridgehead atoms. The fourth-order valence-corrected chi connectivity index (χ4v) is 1.24. The Morgan fingerprint density at radius 2 is 0.444 bits per heavy atom. The van der Waals surface area contributed by atoms with Crippen molar-refractivity contribution in [2.24, 2.45) is 0 Å². The Labute approximate surface area is 70.2 Å². The van der Waals surface area contributed by atoms with Crippen LogP contribution in [0.5, 0.6) is 0 Å². The topological polar surface area (TPSA) is 0 Å². The largest absolute Gasteiger partial charge is 0.147 e. The highest BCUT2D eigenvalue weighted by molar-refractivity contribution is 5.85. The lowest BCUT2D eigenvalue weighted by Gasteiger charge is -1.85. The Kier molecular flexibility index (Phi) is 11.7. The molecule has 0 radical (unpaired) electrons. The summed E-state index contributed by atoms with van der Waals surface area (Å²) in [7, 11) is 0. The van der Waals surface area contributed by atoms with Gasteiger partial charge in [0.25, 0.3) is 0 Å². The van der Waals surface area contributed by atoms with Crippen LogP contribution in [0.15, 0.2) is 0 Å². The summed E-state index contributed by atoms with van der Waals surface area (Å²) in [5.41, 5.74) is 0.